The molecule has 2 heterocycles. The molecule has 0 aliphatic rings. The molecule has 1 atom stereocenters. The number of anilines is 1. The van der Waals surface area contributed by atoms with E-state index in [1.165, 1.54) is 0 Å². The molecule has 0 aliphatic heterocycles. The van der Waals surface area contributed by atoms with Crippen LogP contribution >= 0.6 is 0 Å². The first kappa shape index (κ1) is 20.2. The number of carbonyl (C=O) groups excluding carboxylic acids is 1. The first-order valence-corrected chi connectivity index (χ1v) is 8.89. The van der Waals surface area contributed by atoms with Crippen molar-refractivity contribution in [3.63, 3.8) is 0 Å². The maximum absolute atomic E-state index is 10.9. The van der Waals surface area contributed by atoms with E-state index in [0.717, 1.165) is 16.8 Å². The standard InChI is InChI=1S/C20H23N5O4/c1-12(28-11-14-5-4-6-18(23-14)29-20(22)26)13-9-15(17-7-8-25(2)24-17)19(27-3)16(21)10-13/h4-10,12H,11,21H2,1-3H3,(H2,22,26). The number of hydrogen-bond acceptors (Lipinski definition) is 7. The molecule has 0 fully saturated rings. The van der Waals surface area contributed by atoms with Crippen molar-refractivity contribution in [3.05, 3.63) is 53.9 Å². The summed E-state index contributed by atoms with van der Waals surface area (Å²) in [5, 5.41) is 4.44. The van der Waals surface area contributed by atoms with Crippen LogP contribution in [0.4, 0.5) is 10.5 Å². The predicted molar refractivity (Wildman–Crippen MR) is 107 cm³/mol. The van der Waals surface area contributed by atoms with E-state index >= 15 is 0 Å². The summed E-state index contributed by atoms with van der Waals surface area (Å²) in [5.74, 6) is 0.690. The monoisotopic (exact) mass is 397 g/mol. The Morgan fingerprint density at radius 2 is 2.07 bits per heavy atom. The molecule has 0 spiro atoms. The lowest BCUT2D eigenvalue weighted by Gasteiger charge is -2.17. The topological polar surface area (TPSA) is 128 Å². The SMILES string of the molecule is COc1c(N)cc(C(C)OCc2cccc(OC(N)=O)n2)cc1-c1ccn(C)n1. The number of pyridine rings is 1. The van der Waals surface area contributed by atoms with Gasteiger partial charge in [-0.2, -0.15) is 5.10 Å². The van der Waals surface area contributed by atoms with E-state index < -0.39 is 6.09 Å². The molecule has 2 aromatic heterocycles. The Morgan fingerprint density at radius 3 is 2.72 bits per heavy atom. The first-order valence-electron chi connectivity index (χ1n) is 8.89. The van der Waals surface area contributed by atoms with E-state index in [1.54, 1.807) is 30.0 Å². The Balaban J connectivity index is 1.80. The lowest BCUT2D eigenvalue weighted by atomic mass is 10.0. The fraction of sp³-hybridized carbons (Fsp3) is 0.250. The van der Waals surface area contributed by atoms with E-state index in [9.17, 15) is 4.79 Å². The number of nitrogens with two attached hydrogens (primary N) is 2. The van der Waals surface area contributed by atoms with Gasteiger partial charge in [0.05, 0.1) is 36.9 Å². The van der Waals surface area contributed by atoms with Crippen molar-refractivity contribution in [1.29, 1.82) is 0 Å². The van der Waals surface area contributed by atoms with Gasteiger partial charge < -0.3 is 25.7 Å². The van der Waals surface area contributed by atoms with Crippen LogP contribution in [0.2, 0.25) is 0 Å². The smallest absolute Gasteiger partial charge is 0.411 e. The highest BCUT2D eigenvalue weighted by Crippen LogP contribution is 2.37. The summed E-state index contributed by atoms with van der Waals surface area (Å²) in [6.45, 7) is 2.12. The van der Waals surface area contributed by atoms with Crippen molar-refractivity contribution in [3.8, 4) is 22.9 Å². The van der Waals surface area contributed by atoms with Gasteiger partial charge in [0.2, 0.25) is 5.88 Å². The van der Waals surface area contributed by atoms with E-state index in [0.29, 0.717) is 17.1 Å². The highest BCUT2D eigenvalue weighted by molar-refractivity contribution is 5.76. The van der Waals surface area contributed by atoms with Gasteiger partial charge >= 0.3 is 6.09 Å². The molecule has 0 radical (unpaired) electrons. The van der Waals surface area contributed by atoms with Crippen molar-refractivity contribution in [1.82, 2.24) is 14.8 Å². The van der Waals surface area contributed by atoms with Crippen LogP contribution in [0, 0.1) is 0 Å². The van der Waals surface area contributed by atoms with E-state index in [2.05, 4.69) is 10.1 Å². The minimum absolute atomic E-state index is 0.123. The third-order valence-corrected chi connectivity index (χ3v) is 4.27. The maximum Gasteiger partial charge on any atom is 0.411 e. The molecule has 9 nitrogen and oxygen atoms in total. The number of aromatic nitrogens is 3. The normalized spacial score (nSPS) is 11.8. The molecule has 0 saturated carbocycles. The van der Waals surface area contributed by atoms with E-state index in [-0.39, 0.29) is 18.6 Å². The molecule has 152 valence electrons. The Bertz CT molecular complexity index is 1020. The summed E-state index contributed by atoms with van der Waals surface area (Å²) in [4.78, 5) is 15.1. The minimum Gasteiger partial charge on any atom is -0.494 e. The Hall–Kier alpha value is -3.59. The number of rotatable bonds is 7. The van der Waals surface area contributed by atoms with Crippen LogP contribution in [0.25, 0.3) is 11.3 Å². The molecule has 1 unspecified atom stereocenters. The predicted octanol–water partition coefficient (Wildman–Crippen LogP) is 2.81. The zero-order valence-electron chi connectivity index (χ0n) is 16.5. The van der Waals surface area contributed by atoms with Crippen molar-refractivity contribution in [2.45, 2.75) is 19.6 Å². The number of methoxy groups -OCH3 is 1. The number of hydrogen-bond donors (Lipinski definition) is 2. The fourth-order valence-corrected chi connectivity index (χ4v) is 2.89. The lowest BCUT2D eigenvalue weighted by molar-refractivity contribution is 0.0503. The number of benzene rings is 1. The quantitative estimate of drug-likeness (QED) is 0.587. The number of amides is 1. The van der Waals surface area contributed by atoms with Crippen LogP contribution in [0.3, 0.4) is 0 Å². The number of primary amides is 1. The summed E-state index contributed by atoms with van der Waals surface area (Å²) in [7, 11) is 3.42. The molecular formula is C20H23N5O4. The molecule has 0 saturated heterocycles. The molecule has 29 heavy (non-hydrogen) atoms. The molecule has 9 heteroatoms. The van der Waals surface area contributed by atoms with Gasteiger partial charge in [-0.1, -0.05) is 6.07 Å². The van der Waals surface area contributed by atoms with Crippen LogP contribution in [0.15, 0.2) is 42.6 Å². The highest BCUT2D eigenvalue weighted by atomic mass is 16.6. The lowest BCUT2D eigenvalue weighted by Crippen LogP contribution is -2.17. The number of aryl methyl sites for hydroxylation is 1. The summed E-state index contributed by atoms with van der Waals surface area (Å²) in [6, 6.07) is 10.7. The molecule has 1 aromatic carbocycles. The van der Waals surface area contributed by atoms with Crippen LogP contribution in [0.1, 0.15) is 24.3 Å². The second kappa shape index (κ2) is 8.61. The molecular weight excluding hydrogens is 374 g/mol. The second-order valence-corrected chi connectivity index (χ2v) is 6.41. The number of carbonyl (C=O) groups is 1. The van der Waals surface area contributed by atoms with Crippen LogP contribution in [-0.2, 0) is 18.4 Å². The Labute approximate surface area is 168 Å². The van der Waals surface area contributed by atoms with Crippen molar-refractivity contribution in [2.75, 3.05) is 12.8 Å². The van der Waals surface area contributed by atoms with Crippen molar-refractivity contribution < 1.29 is 19.0 Å². The summed E-state index contributed by atoms with van der Waals surface area (Å²) in [6.07, 6.45) is 0.651. The zero-order chi connectivity index (χ0) is 21.0. The molecule has 3 aromatic rings. The first-order chi connectivity index (χ1) is 13.9. The van der Waals surface area contributed by atoms with Gasteiger partial charge in [-0.3, -0.25) is 4.68 Å². The van der Waals surface area contributed by atoms with Crippen molar-refractivity contribution >= 4 is 11.8 Å². The molecule has 0 aliphatic carbocycles. The van der Waals surface area contributed by atoms with E-state index in [1.807, 2.05) is 38.4 Å². The van der Waals surface area contributed by atoms with Gasteiger partial charge in [0.1, 0.15) is 0 Å². The van der Waals surface area contributed by atoms with Gasteiger partial charge in [0, 0.05) is 24.9 Å². The second-order valence-electron chi connectivity index (χ2n) is 6.41. The maximum atomic E-state index is 10.9. The Morgan fingerprint density at radius 1 is 1.28 bits per heavy atom. The van der Waals surface area contributed by atoms with Crippen molar-refractivity contribution in [2.24, 2.45) is 12.8 Å². The van der Waals surface area contributed by atoms with Gasteiger partial charge in [-0.25, -0.2) is 9.78 Å². The number of nitrogen functional groups attached to an aromatic ring is 1. The van der Waals surface area contributed by atoms with Crippen LogP contribution in [0.5, 0.6) is 11.6 Å². The number of ether oxygens (including phenoxy) is 3. The fourth-order valence-electron chi connectivity index (χ4n) is 2.89. The minimum atomic E-state index is -0.917. The third-order valence-electron chi connectivity index (χ3n) is 4.27. The largest absolute Gasteiger partial charge is 0.494 e. The molecule has 4 N–H and O–H groups in total. The third kappa shape index (κ3) is 4.82. The molecule has 3 rings (SSSR count). The summed E-state index contributed by atoms with van der Waals surface area (Å²) >= 11 is 0. The van der Waals surface area contributed by atoms with Gasteiger partial charge in [-0.05, 0) is 36.8 Å². The molecule has 0 bridgehead atoms. The van der Waals surface area contributed by atoms with Gasteiger partial charge in [0.25, 0.3) is 0 Å². The van der Waals surface area contributed by atoms with Gasteiger partial charge in [0.15, 0.2) is 5.75 Å². The highest BCUT2D eigenvalue weighted by Gasteiger charge is 2.17. The summed E-state index contributed by atoms with van der Waals surface area (Å²) < 4.78 is 17.9. The summed E-state index contributed by atoms with van der Waals surface area (Å²) in [5.41, 5.74) is 14.7. The van der Waals surface area contributed by atoms with E-state index in [4.69, 9.17) is 25.7 Å². The van der Waals surface area contributed by atoms with Gasteiger partial charge in [-0.15, -0.1) is 0 Å². The average molecular weight is 397 g/mol. The average Bonchev–Trinajstić information content (AvgIpc) is 3.11. The Kier molecular flexibility index (Phi) is 5.99. The van der Waals surface area contributed by atoms with Crippen LogP contribution < -0.4 is 20.9 Å². The zero-order valence-corrected chi connectivity index (χ0v) is 16.5. The molecule has 1 amide bonds. The van der Waals surface area contributed by atoms with Crippen LogP contribution in [-0.4, -0.2) is 28.0 Å². The number of nitrogens with zero attached hydrogens (tertiary/aromatic N) is 3.